The third kappa shape index (κ3) is 2.19. The highest BCUT2D eigenvalue weighted by Gasteiger charge is 2.19. The molecule has 0 saturated carbocycles. The van der Waals surface area contributed by atoms with Crippen molar-refractivity contribution in [2.75, 3.05) is 7.11 Å². The maximum absolute atomic E-state index is 11.7. The van der Waals surface area contributed by atoms with E-state index >= 15 is 0 Å². The number of hydrogen-bond acceptors (Lipinski definition) is 3. The summed E-state index contributed by atoms with van der Waals surface area (Å²) >= 11 is 0. The maximum atomic E-state index is 11.7. The third-order valence-corrected chi connectivity index (χ3v) is 3.81. The van der Waals surface area contributed by atoms with Crippen molar-refractivity contribution in [3.05, 3.63) is 59.7 Å². The summed E-state index contributed by atoms with van der Waals surface area (Å²) in [6.45, 7) is 0. The second-order valence-electron chi connectivity index (χ2n) is 5.00. The number of carbonyl (C=O) groups is 2. The number of rotatable bonds is 3. The predicted molar refractivity (Wildman–Crippen MR) is 84.1 cm³/mol. The fourth-order valence-corrected chi connectivity index (χ4v) is 2.86. The fraction of sp³-hybridized carbons (Fsp3) is 0.111. The van der Waals surface area contributed by atoms with Crippen LogP contribution in [0, 0.1) is 0 Å². The highest BCUT2D eigenvalue weighted by Crippen LogP contribution is 2.33. The maximum Gasteiger partial charge on any atom is 0.336 e. The second kappa shape index (κ2) is 5.48. The zero-order chi connectivity index (χ0) is 15.7. The van der Waals surface area contributed by atoms with Crippen molar-refractivity contribution >= 4 is 33.5 Å². The van der Waals surface area contributed by atoms with Gasteiger partial charge < -0.3 is 9.84 Å². The second-order valence-corrected chi connectivity index (χ2v) is 5.00. The number of carboxylic acid groups (broad SMARTS) is 1. The SMILES string of the molecule is COC(=O)Cc1c2ccccc2c(C(=O)O)c2ccccc12. The van der Waals surface area contributed by atoms with Crippen LogP contribution in [0.1, 0.15) is 15.9 Å². The molecule has 0 aromatic heterocycles. The Kier molecular flexibility index (Phi) is 3.51. The third-order valence-electron chi connectivity index (χ3n) is 3.81. The number of fused-ring (bicyclic) bond motifs is 2. The van der Waals surface area contributed by atoms with Gasteiger partial charge in [0.15, 0.2) is 0 Å². The zero-order valence-corrected chi connectivity index (χ0v) is 12.0. The highest BCUT2D eigenvalue weighted by molar-refractivity contribution is 6.18. The van der Waals surface area contributed by atoms with Crippen LogP contribution in [0.3, 0.4) is 0 Å². The normalized spacial score (nSPS) is 10.8. The van der Waals surface area contributed by atoms with Crippen LogP contribution in [-0.4, -0.2) is 24.2 Å². The molecule has 0 fully saturated rings. The van der Waals surface area contributed by atoms with Gasteiger partial charge in [-0.3, -0.25) is 4.79 Å². The van der Waals surface area contributed by atoms with E-state index in [0.29, 0.717) is 10.8 Å². The number of aromatic carboxylic acids is 1. The van der Waals surface area contributed by atoms with E-state index < -0.39 is 5.97 Å². The van der Waals surface area contributed by atoms with Gasteiger partial charge in [-0.25, -0.2) is 4.79 Å². The van der Waals surface area contributed by atoms with Crippen LogP contribution in [0.5, 0.6) is 0 Å². The molecule has 3 aromatic carbocycles. The molecular formula is C18H14O4. The Labute approximate surface area is 126 Å². The predicted octanol–water partition coefficient (Wildman–Crippen LogP) is 3.41. The zero-order valence-electron chi connectivity index (χ0n) is 12.0. The van der Waals surface area contributed by atoms with E-state index in [1.165, 1.54) is 7.11 Å². The number of carbonyl (C=O) groups excluding carboxylic acids is 1. The van der Waals surface area contributed by atoms with Gasteiger partial charge in [-0.05, 0) is 27.1 Å². The molecule has 0 atom stereocenters. The topological polar surface area (TPSA) is 63.6 Å². The van der Waals surface area contributed by atoms with Crippen molar-refractivity contribution < 1.29 is 19.4 Å². The summed E-state index contributed by atoms with van der Waals surface area (Å²) in [4.78, 5) is 23.5. The molecule has 1 N–H and O–H groups in total. The van der Waals surface area contributed by atoms with Crippen LogP contribution in [0.25, 0.3) is 21.5 Å². The summed E-state index contributed by atoms with van der Waals surface area (Å²) in [5.74, 6) is -1.32. The lowest BCUT2D eigenvalue weighted by atomic mass is 9.90. The molecule has 0 bridgehead atoms. The van der Waals surface area contributed by atoms with Gasteiger partial charge in [0.2, 0.25) is 0 Å². The van der Waals surface area contributed by atoms with Gasteiger partial charge in [-0.15, -0.1) is 0 Å². The molecule has 0 heterocycles. The molecule has 0 spiro atoms. The van der Waals surface area contributed by atoms with Crippen molar-refractivity contribution in [1.82, 2.24) is 0 Å². The van der Waals surface area contributed by atoms with Crippen LogP contribution in [-0.2, 0) is 16.0 Å². The van der Waals surface area contributed by atoms with Gasteiger partial charge in [0.1, 0.15) is 0 Å². The Hall–Kier alpha value is -2.88. The van der Waals surface area contributed by atoms with Crippen LogP contribution < -0.4 is 0 Å². The smallest absolute Gasteiger partial charge is 0.336 e. The summed E-state index contributed by atoms with van der Waals surface area (Å²) in [7, 11) is 1.35. The molecule has 0 saturated heterocycles. The molecule has 0 aliphatic rings. The van der Waals surface area contributed by atoms with Gasteiger partial charge in [-0.2, -0.15) is 0 Å². The van der Waals surface area contributed by atoms with Crippen molar-refractivity contribution in [3.8, 4) is 0 Å². The van der Waals surface area contributed by atoms with Crippen LogP contribution >= 0.6 is 0 Å². The molecule has 110 valence electrons. The van der Waals surface area contributed by atoms with E-state index in [-0.39, 0.29) is 18.0 Å². The first-order valence-electron chi connectivity index (χ1n) is 6.86. The molecule has 0 radical (unpaired) electrons. The number of ether oxygens (including phenoxy) is 1. The van der Waals surface area contributed by atoms with E-state index in [1.807, 2.05) is 24.3 Å². The molecule has 3 rings (SSSR count). The Bertz CT molecular complexity index is 839. The van der Waals surface area contributed by atoms with Crippen LogP contribution in [0.2, 0.25) is 0 Å². The Morgan fingerprint density at radius 3 is 1.77 bits per heavy atom. The first-order chi connectivity index (χ1) is 10.6. The molecule has 3 aromatic rings. The lowest BCUT2D eigenvalue weighted by Gasteiger charge is -2.14. The minimum Gasteiger partial charge on any atom is -0.478 e. The van der Waals surface area contributed by atoms with Gasteiger partial charge in [0.05, 0.1) is 19.1 Å². The van der Waals surface area contributed by atoms with Crippen LogP contribution in [0.4, 0.5) is 0 Å². The molecule has 0 amide bonds. The van der Waals surface area contributed by atoms with E-state index in [0.717, 1.165) is 16.3 Å². The molecule has 0 aliphatic carbocycles. The summed E-state index contributed by atoms with van der Waals surface area (Å²) in [6, 6.07) is 14.5. The Morgan fingerprint density at radius 2 is 1.36 bits per heavy atom. The summed E-state index contributed by atoms with van der Waals surface area (Å²) in [5.41, 5.74) is 1.06. The van der Waals surface area contributed by atoms with Crippen molar-refractivity contribution in [2.24, 2.45) is 0 Å². The molecular weight excluding hydrogens is 280 g/mol. The van der Waals surface area contributed by atoms with E-state index in [1.54, 1.807) is 24.3 Å². The molecule has 4 nitrogen and oxygen atoms in total. The molecule has 0 unspecified atom stereocenters. The minimum absolute atomic E-state index is 0.109. The summed E-state index contributed by atoms with van der Waals surface area (Å²) in [5, 5.41) is 12.4. The van der Waals surface area contributed by atoms with E-state index in [2.05, 4.69) is 0 Å². The first-order valence-corrected chi connectivity index (χ1v) is 6.86. The number of benzene rings is 3. The molecule has 22 heavy (non-hydrogen) atoms. The highest BCUT2D eigenvalue weighted by atomic mass is 16.5. The lowest BCUT2D eigenvalue weighted by Crippen LogP contribution is -2.08. The number of hydrogen-bond donors (Lipinski definition) is 1. The molecule has 4 heteroatoms. The number of esters is 1. The Balaban J connectivity index is 2.49. The van der Waals surface area contributed by atoms with Gasteiger partial charge in [-0.1, -0.05) is 48.5 Å². The number of methoxy groups -OCH3 is 1. The van der Waals surface area contributed by atoms with Crippen LogP contribution in [0.15, 0.2) is 48.5 Å². The lowest BCUT2D eigenvalue weighted by molar-refractivity contribution is -0.139. The average molecular weight is 294 g/mol. The van der Waals surface area contributed by atoms with E-state index in [4.69, 9.17) is 4.74 Å². The largest absolute Gasteiger partial charge is 0.478 e. The first kappa shape index (κ1) is 14.1. The van der Waals surface area contributed by atoms with E-state index in [9.17, 15) is 14.7 Å². The molecule has 0 aliphatic heterocycles. The summed E-state index contributed by atoms with van der Waals surface area (Å²) in [6.07, 6.45) is 0.109. The average Bonchev–Trinajstić information content (AvgIpc) is 2.54. The minimum atomic E-state index is -0.975. The van der Waals surface area contributed by atoms with Gasteiger partial charge in [0, 0.05) is 0 Å². The van der Waals surface area contributed by atoms with Gasteiger partial charge >= 0.3 is 11.9 Å². The standard InChI is InChI=1S/C18H14O4/c1-22-16(19)10-15-11-6-2-4-8-13(11)17(18(20)21)14-9-5-3-7-12(14)15/h2-9H,10H2,1H3,(H,20,21). The fourth-order valence-electron chi connectivity index (χ4n) is 2.86. The monoisotopic (exact) mass is 294 g/mol. The van der Waals surface area contributed by atoms with Crippen molar-refractivity contribution in [1.29, 1.82) is 0 Å². The van der Waals surface area contributed by atoms with Crippen molar-refractivity contribution in [3.63, 3.8) is 0 Å². The van der Waals surface area contributed by atoms with Gasteiger partial charge in [0.25, 0.3) is 0 Å². The Morgan fingerprint density at radius 1 is 0.909 bits per heavy atom. The quantitative estimate of drug-likeness (QED) is 0.594. The van der Waals surface area contributed by atoms with Crippen molar-refractivity contribution in [2.45, 2.75) is 6.42 Å². The number of carboxylic acids is 1. The summed E-state index contributed by atoms with van der Waals surface area (Å²) < 4.78 is 4.77.